The standard InChI is InChI=1S/C27H21F4N9O.CH2O2/c1-14-9-19(28)20(35-25(41)21-11-16(3-5-32-21)27(29,30)31)12-17(14)18-10-15-13-34-26(36-22-4-7-39(2)38-22)37-23(15)40-8-6-33-24(18)40;2-1-3/h3-5,7,9-13,33H,6,8H2,1-2H3,(H,35,41);1H,(H,2,3). The van der Waals surface area contributed by atoms with E-state index in [9.17, 15) is 22.4 Å². The molecule has 0 radical (unpaired) electrons. The fraction of sp³-hybridized carbons (Fsp3) is 0.179. The SMILES string of the molecule is Cc1cc(F)c(NC(=O)c2cc(C(F)(F)F)ccn2)cc1-c1cc2cnc(=Nc3ccn(C)n3)nc-2n2c1NCC2.O=CO. The number of halogens is 4. The maximum atomic E-state index is 15.0. The molecule has 3 aromatic rings. The second-order valence-corrected chi connectivity index (χ2v) is 9.53. The van der Waals surface area contributed by atoms with E-state index in [1.165, 1.54) is 12.1 Å². The normalized spacial score (nSPS) is 12.7. The van der Waals surface area contributed by atoms with Crippen LogP contribution < -0.4 is 16.3 Å². The van der Waals surface area contributed by atoms with Crippen molar-refractivity contribution < 1.29 is 32.3 Å². The molecule has 1 amide bonds. The monoisotopic (exact) mass is 609 g/mol. The molecule has 12 nitrogen and oxygen atoms in total. The quantitative estimate of drug-likeness (QED) is 0.202. The molecule has 0 atom stereocenters. The molecule has 5 heterocycles. The van der Waals surface area contributed by atoms with Crippen LogP contribution in [0, 0.1) is 12.7 Å². The van der Waals surface area contributed by atoms with E-state index in [2.05, 4.69) is 35.7 Å². The van der Waals surface area contributed by atoms with Gasteiger partial charge in [0.2, 0.25) is 0 Å². The second-order valence-electron chi connectivity index (χ2n) is 9.53. The van der Waals surface area contributed by atoms with Gasteiger partial charge < -0.3 is 20.3 Å². The molecule has 0 unspecified atom stereocenters. The number of alkyl halides is 3. The maximum absolute atomic E-state index is 15.0. The Labute approximate surface area is 246 Å². The number of fused-ring (bicyclic) bond motifs is 3. The van der Waals surface area contributed by atoms with Gasteiger partial charge in [-0.25, -0.2) is 9.37 Å². The van der Waals surface area contributed by atoms with Gasteiger partial charge in [0.25, 0.3) is 18.0 Å². The minimum absolute atomic E-state index is 0.201. The van der Waals surface area contributed by atoms with Crippen molar-refractivity contribution in [1.82, 2.24) is 29.3 Å². The number of rotatable bonds is 4. The summed E-state index contributed by atoms with van der Waals surface area (Å²) >= 11 is 0. The van der Waals surface area contributed by atoms with Gasteiger partial charge in [0.05, 0.1) is 11.3 Å². The number of anilines is 2. The van der Waals surface area contributed by atoms with Crippen molar-refractivity contribution in [3.05, 3.63) is 83.2 Å². The molecule has 2 aromatic heterocycles. The van der Waals surface area contributed by atoms with Gasteiger partial charge in [0, 0.05) is 55.9 Å². The number of carboxylic acid groups (broad SMARTS) is 1. The van der Waals surface area contributed by atoms with Gasteiger partial charge in [-0.1, -0.05) is 0 Å². The van der Waals surface area contributed by atoms with Crippen LogP contribution in [0.5, 0.6) is 0 Å². The van der Waals surface area contributed by atoms with Crippen molar-refractivity contribution >= 4 is 29.7 Å². The van der Waals surface area contributed by atoms with E-state index in [1.54, 1.807) is 37.1 Å². The van der Waals surface area contributed by atoms with Crippen molar-refractivity contribution in [3.63, 3.8) is 0 Å². The van der Waals surface area contributed by atoms with Gasteiger partial charge in [-0.3, -0.25) is 19.3 Å². The highest BCUT2D eigenvalue weighted by atomic mass is 19.4. The molecule has 44 heavy (non-hydrogen) atoms. The number of nitrogens with zero attached hydrogens (tertiary/aromatic N) is 7. The lowest BCUT2D eigenvalue weighted by molar-refractivity contribution is -0.137. The number of pyridine rings is 2. The van der Waals surface area contributed by atoms with E-state index < -0.39 is 29.2 Å². The van der Waals surface area contributed by atoms with Crippen LogP contribution in [0.15, 0.2) is 60.0 Å². The van der Waals surface area contributed by atoms with Gasteiger partial charge in [-0.05, 0) is 48.4 Å². The first-order valence-corrected chi connectivity index (χ1v) is 12.9. The number of carbonyl (C=O) groups excluding carboxylic acids is 1. The average Bonchev–Trinajstić information content (AvgIpc) is 3.64. The molecular weight excluding hydrogens is 586 g/mol. The van der Waals surface area contributed by atoms with Gasteiger partial charge >= 0.3 is 6.18 Å². The molecular formula is C28H23F4N9O3. The topological polar surface area (TPSA) is 152 Å². The van der Waals surface area contributed by atoms with Crippen LogP contribution in [0.25, 0.3) is 22.5 Å². The van der Waals surface area contributed by atoms with Crippen molar-refractivity contribution in [2.75, 3.05) is 17.2 Å². The van der Waals surface area contributed by atoms with E-state index in [0.717, 1.165) is 18.1 Å². The smallest absolute Gasteiger partial charge is 0.416 e. The second kappa shape index (κ2) is 11.9. The van der Waals surface area contributed by atoms with E-state index in [-0.39, 0.29) is 17.8 Å². The Morgan fingerprint density at radius 1 is 1.16 bits per heavy atom. The fourth-order valence-corrected chi connectivity index (χ4v) is 4.66. The molecule has 3 N–H and O–H groups in total. The number of aryl methyl sites for hydroxylation is 2. The zero-order valence-electron chi connectivity index (χ0n) is 23.1. The first-order chi connectivity index (χ1) is 21.0. The first kappa shape index (κ1) is 29.8. The molecule has 3 aliphatic heterocycles. The summed E-state index contributed by atoms with van der Waals surface area (Å²) in [6.45, 7) is 2.69. The highest BCUT2D eigenvalue weighted by Gasteiger charge is 2.31. The van der Waals surface area contributed by atoms with Crippen LogP contribution in [0.1, 0.15) is 21.6 Å². The average molecular weight is 610 g/mol. The third-order valence-electron chi connectivity index (χ3n) is 6.58. The summed E-state index contributed by atoms with van der Waals surface area (Å²) in [4.78, 5) is 38.2. The van der Waals surface area contributed by atoms with Gasteiger partial charge in [-0.2, -0.15) is 28.2 Å². The summed E-state index contributed by atoms with van der Waals surface area (Å²) in [6.07, 6.45) is -0.369. The lowest BCUT2D eigenvalue weighted by atomic mass is 9.98. The summed E-state index contributed by atoms with van der Waals surface area (Å²) in [5, 5.41) is 16.8. The maximum Gasteiger partial charge on any atom is 0.416 e. The van der Waals surface area contributed by atoms with E-state index >= 15 is 0 Å². The van der Waals surface area contributed by atoms with Gasteiger partial charge in [0.15, 0.2) is 5.82 Å². The first-order valence-electron chi connectivity index (χ1n) is 12.9. The highest BCUT2D eigenvalue weighted by Crippen LogP contribution is 2.39. The molecule has 1 aromatic carbocycles. The summed E-state index contributed by atoms with van der Waals surface area (Å²) in [5.41, 5.74) is 1.11. The van der Waals surface area contributed by atoms with Crippen LogP contribution in [-0.4, -0.2) is 53.3 Å². The largest absolute Gasteiger partial charge is 0.483 e. The van der Waals surface area contributed by atoms with E-state index in [4.69, 9.17) is 9.90 Å². The summed E-state index contributed by atoms with van der Waals surface area (Å²) in [5.74, 6) is 0.126. The Balaban J connectivity index is 0.00000123. The third kappa shape index (κ3) is 6.08. The van der Waals surface area contributed by atoms with Gasteiger partial charge in [-0.15, -0.1) is 0 Å². The third-order valence-corrected chi connectivity index (χ3v) is 6.58. The van der Waals surface area contributed by atoms with Crippen molar-refractivity contribution in [2.24, 2.45) is 12.0 Å². The molecule has 0 saturated heterocycles. The molecule has 6 rings (SSSR count). The highest BCUT2D eigenvalue weighted by molar-refractivity contribution is 6.03. The molecule has 0 saturated carbocycles. The zero-order valence-corrected chi connectivity index (χ0v) is 23.1. The number of hydrogen-bond acceptors (Lipinski definition) is 8. The lowest BCUT2D eigenvalue weighted by Crippen LogP contribution is -2.18. The minimum atomic E-state index is -4.65. The summed E-state index contributed by atoms with van der Waals surface area (Å²) in [6, 6.07) is 7.67. The number of benzene rings is 1. The predicted octanol–water partition coefficient (Wildman–Crippen LogP) is 4.26. The zero-order chi connectivity index (χ0) is 31.6. The molecule has 16 heteroatoms. The predicted molar refractivity (Wildman–Crippen MR) is 150 cm³/mol. The van der Waals surface area contributed by atoms with Crippen LogP contribution in [0.4, 0.5) is 34.9 Å². The Bertz CT molecular complexity index is 1920. The number of aromatic nitrogens is 6. The van der Waals surface area contributed by atoms with Crippen molar-refractivity contribution in [1.29, 1.82) is 0 Å². The van der Waals surface area contributed by atoms with Gasteiger partial charge in [0.1, 0.15) is 23.2 Å². The Kier molecular flexibility index (Phi) is 8.07. The van der Waals surface area contributed by atoms with E-state index in [1.807, 2.05) is 10.6 Å². The summed E-state index contributed by atoms with van der Waals surface area (Å²) < 4.78 is 57.9. The summed E-state index contributed by atoms with van der Waals surface area (Å²) in [7, 11) is 1.78. The van der Waals surface area contributed by atoms with E-state index in [0.29, 0.717) is 53.1 Å². The van der Waals surface area contributed by atoms with Crippen LogP contribution >= 0.6 is 0 Å². The molecule has 0 bridgehead atoms. The molecule has 226 valence electrons. The number of amides is 1. The number of nitrogens with one attached hydrogen (secondary N) is 2. The van der Waals surface area contributed by atoms with Crippen molar-refractivity contribution in [2.45, 2.75) is 19.6 Å². The lowest BCUT2D eigenvalue weighted by Gasteiger charge is -2.19. The Morgan fingerprint density at radius 2 is 1.93 bits per heavy atom. The van der Waals surface area contributed by atoms with Crippen LogP contribution in [0.2, 0.25) is 0 Å². The Morgan fingerprint density at radius 3 is 2.64 bits per heavy atom. The molecule has 0 fully saturated rings. The number of carbonyl (C=O) groups is 2. The van der Waals surface area contributed by atoms with Crippen LogP contribution in [0.3, 0.4) is 0 Å². The van der Waals surface area contributed by atoms with Crippen molar-refractivity contribution in [3.8, 4) is 22.5 Å². The molecule has 0 spiro atoms. The number of hydrogen-bond donors (Lipinski definition) is 3. The molecule has 3 aliphatic rings. The minimum Gasteiger partial charge on any atom is -0.483 e. The fourth-order valence-electron chi connectivity index (χ4n) is 4.66. The Hall–Kier alpha value is -5.67. The molecule has 0 aliphatic carbocycles. The van der Waals surface area contributed by atoms with Crippen LogP contribution in [-0.2, 0) is 24.6 Å².